The summed E-state index contributed by atoms with van der Waals surface area (Å²) in [4.78, 5) is 9.73. The number of carboxylic acid groups (broad SMARTS) is 1. The second-order valence-electron chi connectivity index (χ2n) is 1.45. The molecule has 0 spiro atoms. The van der Waals surface area contributed by atoms with Crippen LogP contribution in [-0.4, -0.2) is 29.0 Å². The van der Waals surface area contributed by atoms with E-state index >= 15 is 0 Å². The summed E-state index contributed by atoms with van der Waals surface area (Å²) in [6.45, 7) is 1.26. The van der Waals surface area contributed by atoms with Gasteiger partial charge in [-0.2, -0.15) is 0 Å². The molecule has 0 heterocycles. The monoisotopic (exact) mass is 314 g/mol. The molecule has 0 bridgehead atoms. The van der Waals surface area contributed by atoms with E-state index in [1.807, 2.05) is 0 Å². The molecular formula is C4H9NO3Pt. The van der Waals surface area contributed by atoms with Crippen LogP contribution in [0.3, 0.4) is 0 Å². The Labute approximate surface area is 67.5 Å². The third kappa shape index (κ3) is 11.6. The predicted octanol–water partition coefficient (Wildman–Crippen LogP) is -1.00. The van der Waals surface area contributed by atoms with E-state index in [0.29, 0.717) is 0 Å². The molecule has 0 aliphatic carbocycles. The van der Waals surface area contributed by atoms with E-state index < -0.39 is 12.2 Å². The van der Waals surface area contributed by atoms with Crippen LogP contribution >= 0.6 is 0 Å². The van der Waals surface area contributed by atoms with Crippen LogP contribution in [0.2, 0.25) is 0 Å². The van der Waals surface area contributed by atoms with Crippen molar-refractivity contribution in [2.24, 2.45) is 0 Å². The van der Waals surface area contributed by atoms with Crippen LogP contribution in [0.4, 0.5) is 0 Å². The summed E-state index contributed by atoms with van der Waals surface area (Å²) < 4.78 is 0. The zero-order valence-corrected chi connectivity index (χ0v) is 7.18. The second-order valence-corrected chi connectivity index (χ2v) is 1.45. The first-order chi connectivity index (χ1) is 3.63. The molecule has 0 amide bonds. The van der Waals surface area contributed by atoms with Crippen molar-refractivity contribution < 1.29 is 36.1 Å². The number of aliphatic carboxylic acids is 1. The number of carboxylic acids is 1. The number of nitrogens with one attached hydrogen (secondary N) is 1. The van der Waals surface area contributed by atoms with Gasteiger partial charge >= 0.3 is 5.97 Å². The van der Waals surface area contributed by atoms with E-state index in [4.69, 9.17) is 10.2 Å². The van der Waals surface area contributed by atoms with Crippen LogP contribution < -0.4 is 5.32 Å². The minimum absolute atomic E-state index is 0. The van der Waals surface area contributed by atoms with Gasteiger partial charge in [0.2, 0.25) is 0 Å². The third-order valence-corrected chi connectivity index (χ3v) is 0.549. The molecule has 4 nitrogen and oxygen atoms in total. The van der Waals surface area contributed by atoms with E-state index in [0.717, 1.165) is 0 Å². The summed E-state index contributed by atoms with van der Waals surface area (Å²) in [7, 11) is 0. The van der Waals surface area contributed by atoms with Crippen LogP contribution in [0.1, 0.15) is 6.92 Å². The Kier molecular flexibility index (Phi) is 8.15. The largest absolute Gasteiger partial charge is 0.480 e. The molecule has 0 aromatic rings. The van der Waals surface area contributed by atoms with Gasteiger partial charge in [-0.15, -0.1) is 0 Å². The quantitative estimate of drug-likeness (QED) is 0.584. The van der Waals surface area contributed by atoms with E-state index in [9.17, 15) is 4.79 Å². The Hall–Kier alpha value is 0.0783. The van der Waals surface area contributed by atoms with Crippen LogP contribution in [0, 0.1) is 0 Å². The maximum absolute atomic E-state index is 9.73. The van der Waals surface area contributed by atoms with Crippen LogP contribution in [0.5, 0.6) is 0 Å². The summed E-state index contributed by atoms with van der Waals surface area (Å²) in [5, 5.41) is 18.7. The molecule has 1 atom stereocenters. The molecule has 0 rings (SSSR count). The van der Waals surface area contributed by atoms with Crippen molar-refractivity contribution in [2.75, 3.05) is 6.54 Å². The normalized spacial score (nSPS) is 11.8. The van der Waals surface area contributed by atoms with Crippen molar-refractivity contribution in [3.8, 4) is 0 Å². The molecule has 0 saturated heterocycles. The summed E-state index contributed by atoms with van der Waals surface area (Å²) in [5.41, 5.74) is 0. The van der Waals surface area contributed by atoms with Crippen molar-refractivity contribution in [3.05, 3.63) is 0 Å². The fourth-order valence-electron chi connectivity index (χ4n) is 0.235. The number of hydrogen-bond donors (Lipinski definition) is 3. The first-order valence-electron chi connectivity index (χ1n) is 2.26. The molecule has 58 valence electrons. The maximum atomic E-state index is 9.73. The van der Waals surface area contributed by atoms with Crippen molar-refractivity contribution in [1.82, 2.24) is 5.32 Å². The van der Waals surface area contributed by atoms with Crippen molar-refractivity contribution >= 4 is 5.97 Å². The summed E-state index contributed by atoms with van der Waals surface area (Å²) in [6.07, 6.45) is -0.744. The Bertz CT molecular complexity index is 85.9. The van der Waals surface area contributed by atoms with Gasteiger partial charge in [-0.3, -0.25) is 10.1 Å². The van der Waals surface area contributed by atoms with Crippen molar-refractivity contribution in [3.63, 3.8) is 0 Å². The first-order valence-corrected chi connectivity index (χ1v) is 2.26. The zero-order valence-electron chi connectivity index (χ0n) is 4.90. The van der Waals surface area contributed by atoms with E-state index in [-0.39, 0.29) is 27.6 Å². The van der Waals surface area contributed by atoms with Gasteiger partial charge in [0, 0.05) is 21.1 Å². The fourth-order valence-corrected chi connectivity index (χ4v) is 0.235. The van der Waals surface area contributed by atoms with Gasteiger partial charge in [-0.05, 0) is 6.92 Å². The van der Waals surface area contributed by atoms with E-state index in [1.165, 1.54) is 6.92 Å². The van der Waals surface area contributed by atoms with Gasteiger partial charge < -0.3 is 10.2 Å². The maximum Gasteiger partial charge on any atom is 0.317 e. The van der Waals surface area contributed by atoms with Gasteiger partial charge in [0.15, 0.2) is 0 Å². The zero-order chi connectivity index (χ0) is 6.57. The van der Waals surface area contributed by atoms with Crippen LogP contribution in [0.25, 0.3) is 0 Å². The average Bonchev–Trinajstić information content (AvgIpc) is 1.61. The molecule has 1 unspecified atom stereocenters. The van der Waals surface area contributed by atoms with Crippen molar-refractivity contribution in [2.45, 2.75) is 13.2 Å². The molecule has 3 N–H and O–H groups in total. The SMILES string of the molecule is CC(O)NCC(=O)O.[Pt]. The first kappa shape index (κ1) is 11.8. The Morgan fingerprint density at radius 3 is 2.33 bits per heavy atom. The van der Waals surface area contributed by atoms with Gasteiger partial charge in [0.25, 0.3) is 0 Å². The molecule has 0 fully saturated rings. The number of aliphatic hydroxyl groups excluding tert-OH is 1. The fraction of sp³-hybridized carbons (Fsp3) is 0.750. The van der Waals surface area contributed by atoms with Gasteiger partial charge in [0.05, 0.1) is 6.54 Å². The molecule has 0 aromatic heterocycles. The second kappa shape index (κ2) is 6.20. The van der Waals surface area contributed by atoms with E-state index in [2.05, 4.69) is 5.32 Å². The van der Waals surface area contributed by atoms with Crippen LogP contribution in [0.15, 0.2) is 0 Å². The molecule has 0 aliphatic heterocycles. The smallest absolute Gasteiger partial charge is 0.317 e. The minimum atomic E-state index is -0.967. The standard InChI is InChI=1S/C4H9NO3.Pt/c1-3(6)5-2-4(7)8;/h3,5-6H,2H2,1H3,(H,7,8);. The number of aliphatic hydroxyl groups is 1. The van der Waals surface area contributed by atoms with Gasteiger partial charge in [-0.25, -0.2) is 0 Å². The number of carbonyl (C=O) groups is 1. The molecule has 0 saturated carbocycles. The topological polar surface area (TPSA) is 69.6 Å². The minimum Gasteiger partial charge on any atom is -0.480 e. The molecular weight excluding hydrogens is 305 g/mol. The van der Waals surface area contributed by atoms with Crippen LogP contribution in [-0.2, 0) is 25.9 Å². The summed E-state index contributed by atoms with van der Waals surface area (Å²) >= 11 is 0. The molecule has 0 radical (unpaired) electrons. The van der Waals surface area contributed by atoms with Gasteiger partial charge in [0.1, 0.15) is 6.23 Å². The molecule has 5 heteroatoms. The predicted molar refractivity (Wildman–Crippen MR) is 27.3 cm³/mol. The summed E-state index contributed by atoms with van der Waals surface area (Å²) in [5.74, 6) is -0.967. The Morgan fingerprint density at radius 1 is 1.78 bits per heavy atom. The van der Waals surface area contributed by atoms with Crippen molar-refractivity contribution in [1.29, 1.82) is 0 Å². The van der Waals surface area contributed by atoms with E-state index in [1.54, 1.807) is 0 Å². The Balaban J connectivity index is 0. The average molecular weight is 314 g/mol. The molecule has 0 aliphatic rings. The Morgan fingerprint density at radius 2 is 2.22 bits per heavy atom. The molecule has 0 aromatic carbocycles. The number of hydrogen-bond acceptors (Lipinski definition) is 3. The number of rotatable bonds is 3. The summed E-state index contributed by atoms with van der Waals surface area (Å²) in [6, 6.07) is 0. The third-order valence-electron chi connectivity index (χ3n) is 0.549. The van der Waals surface area contributed by atoms with Gasteiger partial charge in [-0.1, -0.05) is 0 Å². The molecule has 9 heavy (non-hydrogen) atoms.